The maximum absolute atomic E-state index is 10.9. The molecule has 0 bridgehead atoms. The summed E-state index contributed by atoms with van der Waals surface area (Å²) in [5.74, 6) is 0.681. The van der Waals surface area contributed by atoms with Crippen molar-refractivity contribution in [2.45, 2.75) is 123 Å². The van der Waals surface area contributed by atoms with Crippen LogP contribution in [-0.4, -0.2) is 44.6 Å². The van der Waals surface area contributed by atoms with Crippen molar-refractivity contribution >= 4 is 8.32 Å². The monoisotopic (exact) mass is 466 g/mol. The van der Waals surface area contributed by atoms with Gasteiger partial charge < -0.3 is 19.0 Å². The van der Waals surface area contributed by atoms with E-state index < -0.39 is 14.1 Å². The quantitative estimate of drug-likeness (QED) is 0.246. The van der Waals surface area contributed by atoms with E-state index in [0.717, 1.165) is 38.9 Å². The number of fused-ring (bicyclic) bond motifs is 1. The van der Waals surface area contributed by atoms with Crippen molar-refractivity contribution in [1.82, 2.24) is 0 Å². The molecule has 1 N–H and O–H groups in total. The number of unbranched alkanes of at least 4 members (excludes halogenated alkanes) is 2. The molecule has 4 nitrogen and oxygen atoms in total. The molecule has 1 aliphatic heterocycles. The van der Waals surface area contributed by atoms with Gasteiger partial charge in [-0.25, -0.2) is 0 Å². The van der Waals surface area contributed by atoms with Gasteiger partial charge in [-0.1, -0.05) is 73.0 Å². The molecule has 186 valence electrons. The Balaban J connectivity index is 1.68. The van der Waals surface area contributed by atoms with Crippen molar-refractivity contribution in [2.24, 2.45) is 23.2 Å². The summed E-state index contributed by atoms with van der Waals surface area (Å²) in [6.45, 7) is 19.8. The zero-order valence-electron chi connectivity index (χ0n) is 22.1. The van der Waals surface area contributed by atoms with Crippen LogP contribution in [0.25, 0.3) is 0 Å². The molecule has 5 atom stereocenters. The molecular formula is C27H50O4Si. The minimum Gasteiger partial charge on any atom is -0.411 e. The molecule has 2 aliphatic carbocycles. The lowest BCUT2D eigenvalue weighted by molar-refractivity contribution is -0.298. The lowest BCUT2D eigenvalue weighted by Crippen LogP contribution is -2.46. The van der Waals surface area contributed by atoms with E-state index in [9.17, 15) is 5.11 Å². The Bertz CT molecular complexity index is 641. The molecule has 1 spiro atoms. The normalized spacial score (nSPS) is 33.2. The number of hydrogen-bond donors (Lipinski definition) is 1. The molecule has 0 unspecified atom stereocenters. The molecule has 0 aromatic rings. The number of aliphatic hydroxyl groups excluding tert-OH is 1. The largest absolute Gasteiger partial charge is 0.411 e. The van der Waals surface area contributed by atoms with Gasteiger partial charge in [0.2, 0.25) is 0 Å². The molecule has 1 heterocycles. The van der Waals surface area contributed by atoms with Crippen LogP contribution in [0.3, 0.4) is 0 Å². The van der Waals surface area contributed by atoms with Crippen LogP contribution in [0, 0.1) is 23.2 Å². The van der Waals surface area contributed by atoms with E-state index in [1.165, 1.54) is 19.3 Å². The zero-order valence-corrected chi connectivity index (χ0v) is 23.1. The van der Waals surface area contributed by atoms with Gasteiger partial charge in [0.25, 0.3) is 0 Å². The molecular weight excluding hydrogens is 416 g/mol. The standard InChI is InChI=1S/C27H50O4Si/c1-9-10-11-12-21(31-32(7,8)25(2,3)4)13-14-22-23-17-27(16-20(23)15-24(22)28)29-18-26(5,6)19-30-27/h13-14,20-24,28H,9-12,15-19H2,1-8H3/b14-13+/t20-,21+,22-,23+,24-/m1/s1. The fourth-order valence-electron chi connectivity index (χ4n) is 5.46. The van der Waals surface area contributed by atoms with E-state index in [0.29, 0.717) is 11.8 Å². The Morgan fingerprint density at radius 2 is 1.78 bits per heavy atom. The van der Waals surface area contributed by atoms with Crippen molar-refractivity contribution in [3.05, 3.63) is 12.2 Å². The Morgan fingerprint density at radius 3 is 2.38 bits per heavy atom. The Kier molecular flexibility index (Phi) is 8.09. The number of ether oxygens (including phenoxy) is 2. The molecule has 0 aromatic heterocycles. The van der Waals surface area contributed by atoms with Gasteiger partial charge in [-0.2, -0.15) is 0 Å². The summed E-state index contributed by atoms with van der Waals surface area (Å²) in [5.41, 5.74) is 0.0918. The van der Waals surface area contributed by atoms with Crippen LogP contribution >= 0.6 is 0 Å². The van der Waals surface area contributed by atoms with Crippen molar-refractivity contribution < 1.29 is 19.0 Å². The average Bonchev–Trinajstić information content (AvgIpc) is 3.15. The van der Waals surface area contributed by atoms with E-state index in [4.69, 9.17) is 13.9 Å². The van der Waals surface area contributed by atoms with Crippen LogP contribution in [0.5, 0.6) is 0 Å². The summed E-state index contributed by atoms with van der Waals surface area (Å²) >= 11 is 0. The minimum atomic E-state index is -1.85. The first-order chi connectivity index (χ1) is 14.8. The van der Waals surface area contributed by atoms with Gasteiger partial charge in [0, 0.05) is 24.2 Å². The highest BCUT2D eigenvalue weighted by Crippen LogP contribution is 2.55. The minimum absolute atomic E-state index is 0.0918. The van der Waals surface area contributed by atoms with Crippen LogP contribution in [0.15, 0.2) is 12.2 Å². The first-order valence-corrected chi connectivity index (χ1v) is 16.0. The second kappa shape index (κ2) is 9.81. The topological polar surface area (TPSA) is 47.9 Å². The van der Waals surface area contributed by atoms with E-state index in [2.05, 4.69) is 66.8 Å². The first-order valence-electron chi connectivity index (χ1n) is 13.1. The van der Waals surface area contributed by atoms with Gasteiger partial charge in [0.15, 0.2) is 14.1 Å². The summed E-state index contributed by atoms with van der Waals surface area (Å²) in [4.78, 5) is 0. The third kappa shape index (κ3) is 6.07. The first kappa shape index (κ1) is 26.4. The maximum atomic E-state index is 10.9. The molecule has 0 amide bonds. The average molecular weight is 467 g/mol. The molecule has 5 heteroatoms. The summed E-state index contributed by atoms with van der Waals surface area (Å²) in [7, 11) is -1.85. The predicted molar refractivity (Wildman–Crippen MR) is 134 cm³/mol. The highest BCUT2D eigenvalue weighted by atomic mass is 28.4. The Morgan fingerprint density at radius 1 is 1.12 bits per heavy atom. The fraction of sp³-hybridized carbons (Fsp3) is 0.926. The third-order valence-corrected chi connectivity index (χ3v) is 13.1. The Hall–Kier alpha value is -0.203. The van der Waals surface area contributed by atoms with Crippen molar-refractivity contribution in [3.63, 3.8) is 0 Å². The van der Waals surface area contributed by atoms with Crippen LogP contribution in [0.4, 0.5) is 0 Å². The van der Waals surface area contributed by atoms with Crippen LogP contribution in [0.2, 0.25) is 18.1 Å². The lowest BCUT2D eigenvalue weighted by atomic mass is 9.89. The molecule has 3 rings (SSSR count). The summed E-state index contributed by atoms with van der Waals surface area (Å²) < 4.78 is 19.4. The van der Waals surface area contributed by atoms with Gasteiger partial charge in [-0.15, -0.1) is 0 Å². The molecule has 1 saturated heterocycles. The highest BCUT2D eigenvalue weighted by molar-refractivity contribution is 6.74. The van der Waals surface area contributed by atoms with E-state index in [1.54, 1.807) is 0 Å². The summed E-state index contributed by atoms with van der Waals surface area (Å²) in [5, 5.41) is 11.1. The summed E-state index contributed by atoms with van der Waals surface area (Å²) in [6.07, 6.45) is 11.9. The van der Waals surface area contributed by atoms with Crippen molar-refractivity contribution in [2.75, 3.05) is 13.2 Å². The van der Waals surface area contributed by atoms with Gasteiger partial charge in [-0.05, 0) is 42.8 Å². The molecule has 2 saturated carbocycles. The maximum Gasteiger partial charge on any atom is 0.192 e. The van der Waals surface area contributed by atoms with Crippen molar-refractivity contribution in [3.8, 4) is 0 Å². The molecule has 3 aliphatic rings. The third-order valence-electron chi connectivity index (χ3n) is 8.55. The zero-order chi connectivity index (χ0) is 23.8. The SMILES string of the molecule is CCCCC[C@@H](/C=C/[C@@H]1[C@H]2CC3(C[C@H]2C[C@H]1O)OCC(C)(C)CO3)O[Si](C)(C)C(C)(C)C. The van der Waals surface area contributed by atoms with Gasteiger partial charge in [0.1, 0.15) is 0 Å². The second-order valence-corrected chi connectivity index (χ2v) is 17.9. The van der Waals surface area contributed by atoms with Crippen LogP contribution in [-0.2, 0) is 13.9 Å². The van der Waals surface area contributed by atoms with Gasteiger partial charge in [-0.3, -0.25) is 0 Å². The highest BCUT2D eigenvalue weighted by Gasteiger charge is 2.56. The molecule has 0 radical (unpaired) electrons. The number of aliphatic hydroxyl groups is 1. The van der Waals surface area contributed by atoms with Gasteiger partial charge >= 0.3 is 0 Å². The number of rotatable bonds is 8. The fourth-order valence-corrected chi connectivity index (χ4v) is 6.77. The van der Waals surface area contributed by atoms with Crippen LogP contribution in [0.1, 0.15) is 86.5 Å². The molecule has 0 aromatic carbocycles. The second-order valence-electron chi connectivity index (χ2n) is 13.2. The van der Waals surface area contributed by atoms with Crippen molar-refractivity contribution in [1.29, 1.82) is 0 Å². The van der Waals surface area contributed by atoms with Gasteiger partial charge in [0.05, 0.1) is 25.4 Å². The van der Waals surface area contributed by atoms with Crippen LogP contribution < -0.4 is 0 Å². The molecule has 3 fully saturated rings. The molecule has 32 heavy (non-hydrogen) atoms. The van der Waals surface area contributed by atoms with E-state index in [1.807, 2.05) is 0 Å². The lowest BCUT2D eigenvalue weighted by Gasteiger charge is -2.42. The van der Waals surface area contributed by atoms with E-state index in [-0.39, 0.29) is 28.6 Å². The summed E-state index contributed by atoms with van der Waals surface area (Å²) in [6, 6.07) is 0. The smallest absolute Gasteiger partial charge is 0.192 e. The predicted octanol–water partition coefficient (Wildman–Crippen LogP) is 6.69. The number of hydrogen-bond acceptors (Lipinski definition) is 4. The van der Waals surface area contributed by atoms with E-state index >= 15 is 0 Å². The Labute approximate surface area is 198 Å².